The first-order valence-electron chi connectivity index (χ1n) is 10.0. The Morgan fingerprint density at radius 1 is 1.00 bits per heavy atom. The van der Waals surface area contributed by atoms with Crippen molar-refractivity contribution in [2.75, 3.05) is 13.1 Å². The first-order chi connectivity index (χ1) is 12.4. The Kier molecular flexibility index (Phi) is 6.17. The summed E-state index contributed by atoms with van der Waals surface area (Å²) >= 11 is 0. The largest absolute Gasteiger partial charge is 0.273 e. The predicted molar refractivity (Wildman–Crippen MR) is 101 cm³/mol. The minimum atomic E-state index is -3.59. The van der Waals surface area contributed by atoms with Gasteiger partial charge in [0.25, 0.3) is 0 Å². The molecule has 0 unspecified atom stereocenters. The van der Waals surface area contributed by atoms with Crippen molar-refractivity contribution in [3.05, 3.63) is 11.4 Å². The molecule has 26 heavy (non-hydrogen) atoms. The van der Waals surface area contributed by atoms with E-state index >= 15 is 0 Å². The molecule has 1 saturated heterocycles. The van der Waals surface area contributed by atoms with Crippen LogP contribution >= 0.6 is 0 Å². The number of rotatable bonds is 4. The number of carbonyl (C=O) groups excluding carboxylic acids is 1. The van der Waals surface area contributed by atoms with Gasteiger partial charge in [0.2, 0.25) is 15.9 Å². The molecule has 7 heteroatoms. The van der Waals surface area contributed by atoms with Crippen molar-refractivity contribution in [1.82, 2.24) is 14.1 Å². The zero-order valence-electron chi connectivity index (χ0n) is 16.0. The summed E-state index contributed by atoms with van der Waals surface area (Å²) in [7, 11) is -3.59. The van der Waals surface area contributed by atoms with Crippen LogP contribution in [0.4, 0.5) is 0 Å². The Morgan fingerprint density at radius 3 is 2.19 bits per heavy atom. The van der Waals surface area contributed by atoms with Gasteiger partial charge in [-0.25, -0.2) is 13.1 Å². The Hall–Kier alpha value is -1.21. The fraction of sp³-hybridized carbons (Fsp3) is 0.789. The Bertz CT molecular complexity index is 740. The molecule has 2 heterocycles. The lowest BCUT2D eigenvalue weighted by Crippen LogP contribution is -2.32. The average molecular weight is 382 g/mol. The summed E-state index contributed by atoms with van der Waals surface area (Å²) < 4.78 is 29.3. The molecule has 6 nitrogen and oxygen atoms in total. The molecule has 1 aliphatic carbocycles. The van der Waals surface area contributed by atoms with Crippen LogP contribution in [0.3, 0.4) is 0 Å². The van der Waals surface area contributed by atoms with E-state index in [9.17, 15) is 13.2 Å². The van der Waals surface area contributed by atoms with Crippen molar-refractivity contribution in [1.29, 1.82) is 0 Å². The summed E-state index contributed by atoms with van der Waals surface area (Å²) in [6, 6.07) is 0. The standard InChI is InChI=1S/C19H31N3O3S/c1-15-19(26(24,25)21-12-8-3-4-9-13-21)16(2)22(20-15)18(23)14-17-10-6-5-7-11-17/h17H,3-14H2,1-2H3. The van der Waals surface area contributed by atoms with E-state index in [4.69, 9.17) is 0 Å². The van der Waals surface area contributed by atoms with Gasteiger partial charge in [0, 0.05) is 19.5 Å². The molecule has 1 saturated carbocycles. The van der Waals surface area contributed by atoms with E-state index in [1.54, 1.807) is 18.2 Å². The Balaban J connectivity index is 1.83. The van der Waals surface area contributed by atoms with E-state index in [1.165, 1.54) is 23.9 Å². The lowest BCUT2D eigenvalue weighted by molar-refractivity contribution is 0.0848. The summed E-state index contributed by atoms with van der Waals surface area (Å²) in [5, 5.41) is 4.32. The van der Waals surface area contributed by atoms with Gasteiger partial charge in [-0.15, -0.1) is 0 Å². The Labute approximate surface area is 157 Å². The fourth-order valence-corrected chi connectivity index (χ4v) is 6.25. The molecular weight excluding hydrogens is 350 g/mol. The number of hydrogen-bond donors (Lipinski definition) is 0. The van der Waals surface area contributed by atoms with Crippen LogP contribution in [0.2, 0.25) is 0 Å². The minimum absolute atomic E-state index is 0.0742. The highest BCUT2D eigenvalue weighted by Gasteiger charge is 2.32. The molecule has 146 valence electrons. The molecule has 0 aromatic carbocycles. The summed E-state index contributed by atoms with van der Waals surface area (Å²) in [4.78, 5) is 13.0. The maximum atomic E-state index is 13.2. The zero-order chi connectivity index (χ0) is 18.7. The molecule has 1 aromatic rings. The molecular formula is C19H31N3O3S. The van der Waals surface area contributed by atoms with Gasteiger partial charge in [0.05, 0.1) is 11.4 Å². The number of carbonyl (C=O) groups is 1. The molecule has 2 aliphatic rings. The third-order valence-corrected chi connectivity index (χ3v) is 7.96. The molecule has 3 rings (SSSR count). The maximum absolute atomic E-state index is 13.2. The average Bonchev–Trinajstić information content (AvgIpc) is 2.80. The second kappa shape index (κ2) is 8.21. The van der Waals surface area contributed by atoms with Gasteiger partial charge in [0.1, 0.15) is 4.90 Å². The number of aromatic nitrogens is 2. The van der Waals surface area contributed by atoms with Crippen LogP contribution < -0.4 is 0 Å². The van der Waals surface area contributed by atoms with Crippen molar-refractivity contribution in [3.63, 3.8) is 0 Å². The highest BCUT2D eigenvalue weighted by Crippen LogP contribution is 2.29. The highest BCUT2D eigenvalue weighted by molar-refractivity contribution is 7.89. The van der Waals surface area contributed by atoms with Crippen molar-refractivity contribution >= 4 is 15.9 Å². The summed E-state index contributed by atoms with van der Waals surface area (Å²) in [6.07, 6.45) is 10.2. The first-order valence-corrected chi connectivity index (χ1v) is 11.4. The molecule has 0 atom stereocenters. The van der Waals surface area contributed by atoms with E-state index in [-0.39, 0.29) is 10.8 Å². The Morgan fingerprint density at radius 2 is 1.58 bits per heavy atom. The normalized spacial score (nSPS) is 20.8. The van der Waals surface area contributed by atoms with Crippen LogP contribution in [0.25, 0.3) is 0 Å². The first kappa shape index (κ1) is 19.5. The fourth-order valence-electron chi connectivity index (χ4n) is 4.38. The van der Waals surface area contributed by atoms with E-state index in [2.05, 4.69) is 5.10 Å². The van der Waals surface area contributed by atoms with Crippen molar-refractivity contribution < 1.29 is 13.2 Å². The van der Waals surface area contributed by atoms with Gasteiger partial charge >= 0.3 is 0 Å². The number of sulfonamides is 1. The number of nitrogens with zero attached hydrogens (tertiary/aromatic N) is 3. The topological polar surface area (TPSA) is 72.3 Å². The van der Waals surface area contributed by atoms with Gasteiger partial charge in [-0.2, -0.15) is 9.40 Å². The highest BCUT2D eigenvalue weighted by atomic mass is 32.2. The molecule has 0 spiro atoms. The molecule has 0 amide bonds. The van der Waals surface area contributed by atoms with E-state index in [1.807, 2.05) is 0 Å². The molecule has 0 N–H and O–H groups in total. The van der Waals surface area contributed by atoms with Crippen LogP contribution in [0, 0.1) is 19.8 Å². The second-order valence-corrected chi connectivity index (χ2v) is 9.71. The van der Waals surface area contributed by atoms with Crippen LogP contribution in [-0.2, 0) is 10.0 Å². The van der Waals surface area contributed by atoms with Gasteiger partial charge in [0.15, 0.2) is 0 Å². The number of hydrogen-bond acceptors (Lipinski definition) is 4. The van der Waals surface area contributed by atoms with Gasteiger partial charge in [-0.05, 0) is 45.4 Å². The van der Waals surface area contributed by atoms with Crippen molar-refractivity contribution in [2.24, 2.45) is 5.92 Å². The zero-order valence-corrected chi connectivity index (χ0v) is 16.9. The van der Waals surface area contributed by atoms with Crippen molar-refractivity contribution in [3.8, 4) is 0 Å². The molecule has 1 aliphatic heterocycles. The third kappa shape index (κ3) is 4.03. The van der Waals surface area contributed by atoms with Gasteiger partial charge < -0.3 is 0 Å². The lowest BCUT2D eigenvalue weighted by Gasteiger charge is -2.21. The monoisotopic (exact) mass is 381 g/mol. The summed E-state index contributed by atoms with van der Waals surface area (Å²) in [6.45, 7) is 4.52. The SMILES string of the molecule is Cc1nn(C(=O)CC2CCCCC2)c(C)c1S(=O)(=O)N1CCCCCC1. The lowest BCUT2D eigenvalue weighted by atomic mass is 9.87. The predicted octanol–water partition coefficient (Wildman–Crippen LogP) is 3.68. The van der Waals surface area contributed by atoms with E-state index in [0.717, 1.165) is 38.5 Å². The van der Waals surface area contributed by atoms with Crippen LogP contribution in [0.5, 0.6) is 0 Å². The molecule has 2 fully saturated rings. The third-order valence-electron chi connectivity index (χ3n) is 5.81. The molecule has 0 radical (unpaired) electrons. The van der Waals surface area contributed by atoms with E-state index < -0.39 is 10.0 Å². The molecule has 1 aromatic heterocycles. The maximum Gasteiger partial charge on any atom is 0.247 e. The van der Waals surface area contributed by atoms with Crippen molar-refractivity contribution in [2.45, 2.75) is 83.0 Å². The van der Waals surface area contributed by atoms with E-state index in [0.29, 0.717) is 36.8 Å². The van der Waals surface area contributed by atoms with Gasteiger partial charge in [-0.1, -0.05) is 32.1 Å². The van der Waals surface area contributed by atoms with Gasteiger partial charge in [-0.3, -0.25) is 4.79 Å². The van der Waals surface area contributed by atoms with Crippen LogP contribution in [0.15, 0.2) is 4.90 Å². The summed E-state index contributed by atoms with van der Waals surface area (Å²) in [5.74, 6) is 0.334. The summed E-state index contributed by atoms with van der Waals surface area (Å²) in [5.41, 5.74) is 0.899. The number of aryl methyl sites for hydroxylation is 1. The molecule has 0 bridgehead atoms. The minimum Gasteiger partial charge on any atom is -0.273 e. The smallest absolute Gasteiger partial charge is 0.247 e. The van der Waals surface area contributed by atoms with Crippen LogP contribution in [-0.4, -0.2) is 41.5 Å². The van der Waals surface area contributed by atoms with Crippen LogP contribution in [0.1, 0.15) is 80.4 Å². The quantitative estimate of drug-likeness (QED) is 0.797. The second-order valence-electron chi connectivity index (χ2n) is 7.83.